The fourth-order valence-electron chi connectivity index (χ4n) is 9.58. The van der Waals surface area contributed by atoms with Crippen LogP contribution in [0.5, 0.6) is 0 Å². The molecule has 6 rings (SSSR count). The van der Waals surface area contributed by atoms with Gasteiger partial charge in [0.05, 0.1) is 12.7 Å². The molecule has 6 aliphatic rings. The van der Waals surface area contributed by atoms with Gasteiger partial charge in [0.1, 0.15) is 0 Å². The van der Waals surface area contributed by atoms with Crippen LogP contribution in [0.4, 0.5) is 0 Å². The van der Waals surface area contributed by atoms with Gasteiger partial charge in [0.15, 0.2) is 11.6 Å². The summed E-state index contributed by atoms with van der Waals surface area (Å²) in [7, 11) is 0. The molecule has 3 saturated carbocycles. The lowest BCUT2D eigenvalue weighted by molar-refractivity contribution is -0.272. The van der Waals surface area contributed by atoms with Gasteiger partial charge in [-0.1, -0.05) is 33.3 Å². The molecular weight excluding hydrogens is 372 g/mol. The van der Waals surface area contributed by atoms with Gasteiger partial charge in [-0.15, -0.1) is 0 Å². The Bertz CT molecular complexity index is 777. The quantitative estimate of drug-likeness (QED) is 0.495. The van der Waals surface area contributed by atoms with Crippen LogP contribution in [-0.4, -0.2) is 24.3 Å². The zero-order valence-electron chi connectivity index (χ0n) is 19.4. The average molecular weight is 413 g/mol. The van der Waals surface area contributed by atoms with Gasteiger partial charge in [0.25, 0.3) is 0 Å². The van der Waals surface area contributed by atoms with Gasteiger partial charge in [0.2, 0.25) is 0 Å². The van der Waals surface area contributed by atoms with E-state index in [1.807, 2.05) is 6.08 Å². The van der Waals surface area contributed by atoms with Crippen molar-refractivity contribution in [3.8, 4) is 0 Å². The third-order valence-electron chi connectivity index (χ3n) is 11.2. The van der Waals surface area contributed by atoms with Gasteiger partial charge in [-0.2, -0.15) is 0 Å². The number of ether oxygens (including phenoxy) is 2. The summed E-state index contributed by atoms with van der Waals surface area (Å²) in [5, 5.41) is 0. The summed E-state index contributed by atoms with van der Waals surface area (Å²) in [5.41, 5.74) is 2.14. The van der Waals surface area contributed by atoms with Gasteiger partial charge in [0, 0.05) is 18.8 Å². The van der Waals surface area contributed by atoms with E-state index < -0.39 is 0 Å². The molecule has 2 aliphatic heterocycles. The van der Waals surface area contributed by atoms with Crippen molar-refractivity contribution >= 4 is 5.78 Å². The molecule has 5 fully saturated rings. The molecule has 0 radical (unpaired) electrons. The van der Waals surface area contributed by atoms with Crippen LogP contribution in [0.1, 0.15) is 85.5 Å². The van der Waals surface area contributed by atoms with Gasteiger partial charge >= 0.3 is 0 Å². The summed E-state index contributed by atoms with van der Waals surface area (Å²) >= 11 is 0. The predicted octanol–water partition coefficient (Wildman–Crippen LogP) is 5.92. The van der Waals surface area contributed by atoms with E-state index in [-0.39, 0.29) is 11.2 Å². The first kappa shape index (κ1) is 20.0. The van der Waals surface area contributed by atoms with Gasteiger partial charge in [-0.05, 0) is 91.4 Å². The lowest BCUT2D eigenvalue weighted by Crippen LogP contribution is -2.52. The third kappa shape index (κ3) is 2.48. The zero-order valence-corrected chi connectivity index (χ0v) is 19.4. The molecule has 2 saturated heterocycles. The molecule has 3 nitrogen and oxygen atoms in total. The molecule has 0 amide bonds. The van der Waals surface area contributed by atoms with E-state index in [2.05, 4.69) is 27.7 Å². The Morgan fingerprint density at radius 3 is 2.60 bits per heavy atom. The fourth-order valence-corrected chi connectivity index (χ4v) is 9.58. The van der Waals surface area contributed by atoms with Crippen molar-refractivity contribution in [2.75, 3.05) is 6.61 Å². The Morgan fingerprint density at radius 1 is 1.00 bits per heavy atom. The number of fused-ring (bicyclic) bond motifs is 7. The van der Waals surface area contributed by atoms with E-state index in [1.54, 1.807) is 0 Å². The molecule has 0 aromatic carbocycles. The molecule has 30 heavy (non-hydrogen) atoms. The number of rotatable bonds is 0. The van der Waals surface area contributed by atoms with Gasteiger partial charge < -0.3 is 9.47 Å². The van der Waals surface area contributed by atoms with Crippen LogP contribution in [0.2, 0.25) is 0 Å². The minimum atomic E-state index is -0.301. The highest BCUT2D eigenvalue weighted by Gasteiger charge is 2.68. The number of hydrogen-bond acceptors (Lipinski definition) is 3. The second-order valence-corrected chi connectivity index (χ2v) is 12.5. The van der Waals surface area contributed by atoms with Crippen molar-refractivity contribution in [2.24, 2.45) is 46.3 Å². The number of allylic oxidation sites excluding steroid dienone is 1. The van der Waals surface area contributed by atoms with Crippen molar-refractivity contribution in [1.82, 2.24) is 0 Å². The highest BCUT2D eigenvalue weighted by molar-refractivity contribution is 5.91. The minimum absolute atomic E-state index is 0.270. The molecule has 10 atom stereocenters. The van der Waals surface area contributed by atoms with Crippen LogP contribution in [-0.2, 0) is 14.3 Å². The number of ketones is 1. The van der Waals surface area contributed by atoms with Crippen LogP contribution < -0.4 is 0 Å². The van der Waals surface area contributed by atoms with Crippen LogP contribution in [0.3, 0.4) is 0 Å². The first-order valence-corrected chi connectivity index (χ1v) is 12.8. The highest BCUT2D eigenvalue weighted by atomic mass is 16.7. The topological polar surface area (TPSA) is 35.5 Å². The highest BCUT2D eigenvalue weighted by Crippen LogP contribution is 2.70. The summed E-state index contributed by atoms with van der Waals surface area (Å²) in [5.74, 6) is 4.24. The standard InChI is InChI=1S/C27H40O3/c1-16-7-12-27(29-15-16)17(2)24-23(30-27)14-22-20-6-5-18-13-19(28)8-10-25(18,3)21(20)9-11-26(22,24)4/h13,16-17,20-24H,5-12,14-15H2,1-4H3/t16?,17?,20?,21?,22?,23-,24?,25-,26-,27?/m0/s1. The smallest absolute Gasteiger partial charge is 0.171 e. The Morgan fingerprint density at radius 2 is 1.83 bits per heavy atom. The molecule has 2 heterocycles. The number of carbonyl (C=O) groups excluding carboxylic acids is 1. The van der Waals surface area contributed by atoms with Crippen molar-refractivity contribution in [3.05, 3.63) is 11.6 Å². The molecule has 0 aromatic heterocycles. The second kappa shape index (κ2) is 6.44. The molecule has 3 heteroatoms. The average Bonchev–Trinajstić information content (AvgIpc) is 3.16. The maximum atomic E-state index is 12.1. The van der Waals surface area contributed by atoms with E-state index in [1.165, 1.54) is 37.7 Å². The first-order valence-electron chi connectivity index (χ1n) is 12.8. The van der Waals surface area contributed by atoms with E-state index in [9.17, 15) is 4.79 Å². The molecule has 166 valence electrons. The maximum absolute atomic E-state index is 12.1. The number of hydrogen-bond donors (Lipinski definition) is 0. The molecule has 0 aromatic rings. The molecule has 0 bridgehead atoms. The molecule has 1 spiro atoms. The Kier molecular flexibility index (Phi) is 4.29. The summed E-state index contributed by atoms with van der Waals surface area (Å²) in [6.07, 6.45) is 12.9. The van der Waals surface area contributed by atoms with E-state index in [0.29, 0.717) is 35.1 Å². The van der Waals surface area contributed by atoms with Crippen LogP contribution in [0, 0.1) is 46.3 Å². The normalized spacial score (nSPS) is 57.4. The first-order chi connectivity index (χ1) is 14.3. The summed E-state index contributed by atoms with van der Waals surface area (Å²) in [4.78, 5) is 12.1. The second-order valence-electron chi connectivity index (χ2n) is 12.5. The van der Waals surface area contributed by atoms with Crippen molar-refractivity contribution in [1.29, 1.82) is 0 Å². The third-order valence-corrected chi connectivity index (χ3v) is 11.2. The van der Waals surface area contributed by atoms with Crippen molar-refractivity contribution in [3.63, 3.8) is 0 Å². The Balaban J connectivity index is 1.28. The predicted molar refractivity (Wildman–Crippen MR) is 117 cm³/mol. The van der Waals surface area contributed by atoms with Crippen molar-refractivity contribution in [2.45, 2.75) is 97.4 Å². The molecule has 0 N–H and O–H groups in total. The Labute approximate surface area is 182 Å². The summed E-state index contributed by atoms with van der Waals surface area (Å²) < 4.78 is 13.3. The largest absolute Gasteiger partial charge is 0.349 e. The maximum Gasteiger partial charge on any atom is 0.171 e. The monoisotopic (exact) mass is 412 g/mol. The van der Waals surface area contributed by atoms with E-state index in [0.717, 1.165) is 50.0 Å². The molecule has 7 unspecified atom stereocenters. The lowest BCUT2D eigenvalue weighted by Gasteiger charge is -2.58. The SMILES string of the molecule is CC1CCC2(OC1)O[C@H]1CC3C4CCC5=CC(=O)CC[C@]5(C)C4CC[C@]3(C)C1C2C. The van der Waals surface area contributed by atoms with Crippen molar-refractivity contribution < 1.29 is 14.3 Å². The van der Waals surface area contributed by atoms with Gasteiger partial charge in [-0.3, -0.25) is 4.79 Å². The van der Waals surface area contributed by atoms with E-state index >= 15 is 0 Å². The van der Waals surface area contributed by atoms with Crippen LogP contribution >= 0.6 is 0 Å². The molecule has 4 aliphatic carbocycles. The fraction of sp³-hybridized carbons (Fsp3) is 0.889. The number of carbonyl (C=O) groups is 1. The summed E-state index contributed by atoms with van der Waals surface area (Å²) in [6, 6.07) is 0. The van der Waals surface area contributed by atoms with Gasteiger partial charge in [-0.25, -0.2) is 0 Å². The minimum Gasteiger partial charge on any atom is -0.349 e. The lowest BCUT2D eigenvalue weighted by atomic mass is 9.46. The molecular formula is C27H40O3. The summed E-state index contributed by atoms with van der Waals surface area (Å²) in [6.45, 7) is 10.7. The zero-order chi connectivity index (χ0) is 20.9. The van der Waals surface area contributed by atoms with Crippen LogP contribution in [0.15, 0.2) is 11.6 Å². The van der Waals surface area contributed by atoms with Crippen LogP contribution in [0.25, 0.3) is 0 Å². The van der Waals surface area contributed by atoms with E-state index in [4.69, 9.17) is 9.47 Å². The Hall–Kier alpha value is -0.670.